The predicted molar refractivity (Wildman–Crippen MR) is 110 cm³/mol. The van der Waals surface area contributed by atoms with Crippen molar-refractivity contribution in [1.82, 2.24) is 0 Å². The predicted octanol–water partition coefficient (Wildman–Crippen LogP) is 3.48. The van der Waals surface area contributed by atoms with Crippen molar-refractivity contribution in [3.63, 3.8) is 0 Å². The van der Waals surface area contributed by atoms with Gasteiger partial charge in [0.15, 0.2) is 0 Å². The van der Waals surface area contributed by atoms with E-state index in [1.807, 2.05) is 12.1 Å². The molecule has 150 valence electrons. The fourth-order valence-electron chi connectivity index (χ4n) is 3.10. The topological polar surface area (TPSA) is 69.7 Å². The van der Waals surface area contributed by atoms with E-state index in [0.29, 0.717) is 5.69 Å². The Morgan fingerprint density at radius 3 is 2.39 bits per heavy atom. The van der Waals surface area contributed by atoms with Crippen molar-refractivity contribution in [3.05, 3.63) is 53.3 Å². The molecule has 0 saturated carbocycles. The third kappa shape index (κ3) is 4.94. The first-order valence-electron chi connectivity index (χ1n) is 8.82. The molecule has 1 saturated heterocycles. The zero-order chi connectivity index (χ0) is 20.3. The second-order valence-electron chi connectivity index (χ2n) is 6.66. The number of hydrogen-bond donors (Lipinski definition) is 1. The largest absolute Gasteiger partial charge is 0.372 e. The molecule has 0 spiro atoms. The summed E-state index contributed by atoms with van der Waals surface area (Å²) in [6.45, 7) is 1.60. The zero-order valence-electron chi connectivity index (χ0n) is 15.4. The number of anilines is 3. The van der Waals surface area contributed by atoms with Crippen LogP contribution in [-0.2, 0) is 14.8 Å². The molecule has 0 bridgehead atoms. The van der Waals surface area contributed by atoms with E-state index in [2.05, 4.69) is 10.2 Å². The van der Waals surface area contributed by atoms with Crippen LogP contribution in [0.1, 0.15) is 12.8 Å². The van der Waals surface area contributed by atoms with E-state index in [4.69, 9.17) is 11.6 Å². The summed E-state index contributed by atoms with van der Waals surface area (Å²) in [6.07, 6.45) is 3.32. The van der Waals surface area contributed by atoms with Crippen LogP contribution in [0.5, 0.6) is 0 Å². The Morgan fingerprint density at radius 2 is 1.82 bits per heavy atom. The highest BCUT2D eigenvalue weighted by molar-refractivity contribution is 7.92. The number of carbonyl (C=O) groups excluding carboxylic acids is 1. The Morgan fingerprint density at radius 1 is 1.18 bits per heavy atom. The highest BCUT2D eigenvalue weighted by Crippen LogP contribution is 2.25. The maximum Gasteiger partial charge on any atom is 0.245 e. The van der Waals surface area contributed by atoms with Gasteiger partial charge in [0, 0.05) is 24.5 Å². The van der Waals surface area contributed by atoms with Gasteiger partial charge >= 0.3 is 0 Å². The van der Waals surface area contributed by atoms with Crippen molar-refractivity contribution in [3.8, 4) is 0 Å². The van der Waals surface area contributed by atoms with Gasteiger partial charge in [0.25, 0.3) is 0 Å². The second kappa shape index (κ2) is 8.36. The molecule has 1 heterocycles. The van der Waals surface area contributed by atoms with Gasteiger partial charge in [0.05, 0.1) is 17.0 Å². The third-order valence-electron chi connectivity index (χ3n) is 4.50. The Labute approximate surface area is 168 Å². The van der Waals surface area contributed by atoms with E-state index in [-0.39, 0.29) is 10.7 Å². The molecule has 0 aromatic heterocycles. The molecule has 0 unspecified atom stereocenters. The molecule has 1 fully saturated rings. The van der Waals surface area contributed by atoms with Crippen molar-refractivity contribution in [2.45, 2.75) is 12.8 Å². The molecule has 2 aromatic rings. The summed E-state index contributed by atoms with van der Waals surface area (Å²) in [5.74, 6) is -1.18. The maximum absolute atomic E-state index is 13.4. The van der Waals surface area contributed by atoms with E-state index in [1.54, 1.807) is 12.1 Å². The average molecular weight is 426 g/mol. The maximum atomic E-state index is 13.4. The van der Waals surface area contributed by atoms with Crippen LogP contribution in [0.15, 0.2) is 42.5 Å². The van der Waals surface area contributed by atoms with Crippen LogP contribution in [-0.4, -0.2) is 40.2 Å². The smallest absolute Gasteiger partial charge is 0.245 e. The molecule has 2 aromatic carbocycles. The minimum absolute atomic E-state index is 0.119. The van der Waals surface area contributed by atoms with Gasteiger partial charge in [0.2, 0.25) is 15.9 Å². The summed E-state index contributed by atoms with van der Waals surface area (Å²) >= 11 is 5.74. The minimum atomic E-state index is -3.77. The first kappa shape index (κ1) is 20.4. The summed E-state index contributed by atoms with van der Waals surface area (Å²) < 4.78 is 38.5. The lowest BCUT2D eigenvalue weighted by Gasteiger charge is -2.22. The van der Waals surface area contributed by atoms with Crippen molar-refractivity contribution in [2.24, 2.45) is 0 Å². The van der Waals surface area contributed by atoms with Crippen LogP contribution < -0.4 is 14.5 Å². The van der Waals surface area contributed by atoms with Crippen LogP contribution in [0, 0.1) is 5.82 Å². The molecule has 9 heteroatoms. The summed E-state index contributed by atoms with van der Waals surface area (Å²) in [5.41, 5.74) is 1.78. The molecule has 0 atom stereocenters. The fourth-order valence-corrected chi connectivity index (χ4v) is 4.13. The molecule has 3 rings (SSSR count). The quantitative estimate of drug-likeness (QED) is 0.769. The summed E-state index contributed by atoms with van der Waals surface area (Å²) in [5, 5.41) is 2.47. The van der Waals surface area contributed by atoms with E-state index >= 15 is 0 Å². The van der Waals surface area contributed by atoms with Crippen LogP contribution >= 0.6 is 11.6 Å². The van der Waals surface area contributed by atoms with E-state index in [1.165, 1.54) is 25.0 Å². The lowest BCUT2D eigenvalue weighted by Crippen LogP contribution is -2.37. The number of amides is 1. The van der Waals surface area contributed by atoms with Crippen LogP contribution in [0.3, 0.4) is 0 Å². The summed E-state index contributed by atoms with van der Waals surface area (Å²) in [7, 11) is -3.77. The molecule has 6 nitrogen and oxygen atoms in total. The molecule has 1 N–H and O–H groups in total. The van der Waals surface area contributed by atoms with Gasteiger partial charge in [-0.15, -0.1) is 0 Å². The lowest BCUT2D eigenvalue weighted by atomic mass is 10.2. The fraction of sp³-hybridized carbons (Fsp3) is 0.316. The Balaban J connectivity index is 1.70. The lowest BCUT2D eigenvalue weighted by molar-refractivity contribution is -0.114. The molecule has 0 radical (unpaired) electrons. The summed E-state index contributed by atoms with van der Waals surface area (Å²) in [4.78, 5) is 14.7. The SMILES string of the molecule is CS(=O)(=O)N(CC(=O)Nc1ccc(N2CCCC2)cc1)c1ccc(F)c(Cl)c1. The highest BCUT2D eigenvalue weighted by Gasteiger charge is 2.22. The Kier molecular flexibility index (Phi) is 6.10. The van der Waals surface area contributed by atoms with Gasteiger partial charge in [-0.1, -0.05) is 11.6 Å². The number of carbonyl (C=O) groups is 1. The third-order valence-corrected chi connectivity index (χ3v) is 5.93. The van der Waals surface area contributed by atoms with E-state index in [9.17, 15) is 17.6 Å². The highest BCUT2D eigenvalue weighted by atomic mass is 35.5. The summed E-state index contributed by atoms with van der Waals surface area (Å²) in [6, 6.07) is 10.9. The molecule has 0 aliphatic carbocycles. The first-order valence-corrected chi connectivity index (χ1v) is 11.0. The number of halogens is 2. The standard InChI is InChI=1S/C19H21ClFN3O3S/c1-28(26,27)24(16-8-9-18(21)17(20)12-16)13-19(25)22-14-4-6-15(7-5-14)23-10-2-3-11-23/h4-9,12H,2-3,10-11,13H2,1H3,(H,22,25). The minimum Gasteiger partial charge on any atom is -0.372 e. The van der Waals surface area contributed by atoms with E-state index < -0.39 is 28.3 Å². The second-order valence-corrected chi connectivity index (χ2v) is 8.97. The molecule has 1 amide bonds. The van der Waals surface area contributed by atoms with E-state index in [0.717, 1.165) is 35.4 Å². The van der Waals surface area contributed by atoms with Crippen molar-refractivity contribution in [1.29, 1.82) is 0 Å². The molecular weight excluding hydrogens is 405 g/mol. The van der Waals surface area contributed by atoms with Crippen molar-refractivity contribution >= 4 is 44.6 Å². The normalized spacial score (nSPS) is 14.2. The number of hydrogen-bond acceptors (Lipinski definition) is 4. The number of sulfonamides is 1. The zero-order valence-corrected chi connectivity index (χ0v) is 16.9. The number of nitrogens with one attached hydrogen (secondary N) is 1. The first-order chi connectivity index (χ1) is 13.2. The van der Waals surface area contributed by atoms with Gasteiger partial charge in [-0.25, -0.2) is 12.8 Å². The molecular formula is C19H21ClFN3O3S. The monoisotopic (exact) mass is 425 g/mol. The van der Waals surface area contributed by atoms with Gasteiger partial charge in [-0.05, 0) is 55.3 Å². The van der Waals surface area contributed by atoms with Gasteiger partial charge in [0.1, 0.15) is 12.4 Å². The van der Waals surface area contributed by atoms with Crippen molar-refractivity contribution in [2.75, 3.05) is 40.4 Å². The molecule has 28 heavy (non-hydrogen) atoms. The average Bonchev–Trinajstić information content (AvgIpc) is 3.16. The van der Waals surface area contributed by atoms with Crippen LogP contribution in [0.25, 0.3) is 0 Å². The number of benzene rings is 2. The molecule has 1 aliphatic heterocycles. The van der Waals surface area contributed by atoms with Gasteiger partial charge < -0.3 is 10.2 Å². The van der Waals surface area contributed by atoms with Gasteiger partial charge in [-0.3, -0.25) is 9.10 Å². The van der Waals surface area contributed by atoms with Gasteiger partial charge in [-0.2, -0.15) is 0 Å². The number of nitrogens with zero attached hydrogens (tertiary/aromatic N) is 2. The molecule has 1 aliphatic rings. The van der Waals surface area contributed by atoms with Crippen LogP contribution in [0.2, 0.25) is 5.02 Å². The Bertz CT molecular complexity index is 961. The van der Waals surface area contributed by atoms with Crippen LogP contribution in [0.4, 0.5) is 21.5 Å². The van der Waals surface area contributed by atoms with Crippen molar-refractivity contribution < 1.29 is 17.6 Å². The Hall–Kier alpha value is -2.32. The number of rotatable bonds is 6.